The fraction of sp³-hybridized carbons (Fsp3) is 0.611. The second-order valence-electron chi connectivity index (χ2n) is 5.50. The standard InChI is InChI=1S/C18H28BrNO2/c19-15-11-6-4-2-1-3-5-7-12-16-22-18(21)20-17-13-9-8-10-14-17/h8-10,13-14H,1-7,11-12,15-16H2,(H,20,21). The molecule has 1 aromatic carbocycles. The molecular weight excluding hydrogens is 342 g/mol. The van der Waals surface area contributed by atoms with Crippen LogP contribution in [0.25, 0.3) is 0 Å². The van der Waals surface area contributed by atoms with Gasteiger partial charge < -0.3 is 4.74 Å². The number of anilines is 1. The monoisotopic (exact) mass is 369 g/mol. The van der Waals surface area contributed by atoms with Crippen molar-refractivity contribution in [1.29, 1.82) is 0 Å². The van der Waals surface area contributed by atoms with E-state index < -0.39 is 0 Å². The van der Waals surface area contributed by atoms with Gasteiger partial charge in [0.25, 0.3) is 0 Å². The Morgan fingerprint density at radius 3 is 2.00 bits per heavy atom. The van der Waals surface area contributed by atoms with Crippen molar-refractivity contribution in [3.63, 3.8) is 0 Å². The molecule has 1 N–H and O–H groups in total. The normalized spacial score (nSPS) is 10.4. The van der Waals surface area contributed by atoms with Crippen LogP contribution < -0.4 is 5.32 Å². The number of carbonyl (C=O) groups is 1. The number of hydrogen-bond acceptors (Lipinski definition) is 2. The summed E-state index contributed by atoms with van der Waals surface area (Å²) in [6.45, 7) is 0.504. The summed E-state index contributed by atoms with van der Waals surface area (Å²) in [5, 5.41) is 3.84. The smallest absolute Gasteiger partial charge is 0.411 e. The lowest BCUT2D eigenvalue weighted by Gasteiger charge is -2.06. The van der Waals surface area contributed by atoms with E-state index >= 15 is 0 Å². The molecular formula is C18H28BrNO2. The van der Waals surface area contributed by atoms with Crippen LogP contribution in [0.4, 0.5) is 10.5 Å². The summed E-state index contributed by atoms with van der Waals surface area (Å²) in [5.74, 6) is 0. The number of ether oxygens (including phenoxy) is 1. The third-order valence-corrected chi connectivity index (χ3v) is 4.09. The molecule has 0 spiro atoms. The van der Waals surface area contributed by atoms with E-state index in [4.69, 9.17) is 4.74 Å². The maximum atomic E-state index is 11.5. The molecule has 1 aromatic rings. The van der Waals surface area contributed by atoms with Crippen molar-refractivity contribution in [2.75, 3.05) is 17.3 Å². The molecule has 0 aromatic heterocycles. The number of carbonyl (C=O) groups excluding carboxylic acids is 1. The molecule has 0 bridgehead atoms. The summed E-state index contributed by atoms with van der Waals surface area (Å²) in [7, 11) is 0. The Balaban J connectivity index is 1.86. The van der Waals surface area contributed by atoms with E-state index in [-0.39, 0.29) is 6.09 Å². The lowest BCUT2D eigenvalue weighted by Crippen LogP contribution is -2.14. The van der Waals surface area contributed by atoms with Crippen molar-refractivity contribution >= 4 is 27.7 Å². The average Bonchev–Trinajstić information content (AvgIpc) is 2.53. The highest BCUT2D eigenvalue weighted by atomic mass is 79.9. The van der Waals surface area contributed by atoms with E-state index in [1.165, 1.54) is 44.9 Å². The minimum absolute atomic E-state index is 0.363. The molecule has 0 radical (unpaired) electrons. The number of para-hydroxylation sites is 1. The van der Waals surface area contributed by atoms with Gasteiger partial charge in [-0.1, -0.05) is 79.1 Å². The zero-order valence-electron chi connectivity index (χ0n) is 13.4. The van der Waals surface area contributed by atoms with Gasteiger partial charge in [-0.25, -0.2) is 4.79 Å². The zero-order chi connectivity index (χ0) is 15.9. The molecule has 0 unspecified atom stereocenters. The van der Waals surface area contributed by atoms with Crippen LogP contribution >= 0.6 is 15.9 Å². The predicted molar refractivity (Wildman–Crippen MR) is 96.8 cm³/mol. The second kappa shape index (κ2) is 13.6. The molecule has 0 aliphatic carbocycles. The Bertz CT molecular complexity index is 384. The van der Waals surface area contributed by atoms with Crippen molar-refractivity contribution in [2.45, 2.75) is 57.8 Å². The molecule has 0 saturated heterocycles. The summed E-state index contributed by atoms with van der Waals surface area (Å²) < 4.78 is 5.16. The topological polar surface area (TPSA) is 38.3 Å². The first-order valence-corrected chi connectivity index (χ1v) is 9.50. The minimum atomic E-state index is -0.363. The van der Waals surface area contributed by atoms with Gasteiger partial charge in [-0.15, -0.1) is 0 Å². The van der Waals surface area contributed by atoms with E-state index in [9.17, 15) is 4.79 Å². The number of hydrogen-bond donors (Lipinski definition) is 1. The molecule has 4 heteroatoms. The highest BCUT2D eigenvalue weighted by Gasteiger charge is 2.01. The molecule has 0 heterocycles. The minimum Gasteiger partial charge on any atom is -0.449 e. The fourth-order valence-electron chi connectivity index (χ4n) is 2.27. The third-order valence-electron chi connectivity index (χ3n) is 3.53. The van der Waals surface area contributed by atoms with Gasteiger partial charge in [0.05, 0.1) is 6.61 Å². The second-order valence-corrected chi connectivity index (χ2v) is 6.29. The van der Waals surface area contributed by atoms with Crippen LogP contribution in [0.15, 0.2) is 30.3 Å². The van der Waals surface area contributed by atoms with Crippen molar-refractivity contribution in [3.05, 3.63) is 30.3 Å². The first kappa shape index (κ1) is 19.0. The SMILES string of the molecule is O=C(Nc1ccccc1)OCCCCCCCCCCCBr. The molecule has 0 atom stereocenters. The third kappa shape index (κ3) is 10.7. The molecule has 0 aliphatic rings. The molecule has 124 valence electrons. The molecule has 1 rings (SSSR count). The van der Waals surface area contributed by atoms with E-state index in [1.807, 2.05) is 30.3 Å². The van der Waals surface area contributed by atoms with Crippen LogP contribution in [0.5, 0.6) is 0 Å². The van der Waals surface area contributed by atoms with Gasteiger partial charge in [0, 0.05) is 11.0 Å². The average molecular weight is 370 g/mol. The van der Waals surface area contributed by atoms with E-state index in [2.05, 4.69) is 21.2 Å². The Labute approximate surface area is 143 Å². The molecule has 0 fully saturated rings. The first-order valence-electron chi connectivity index (χ1n) is 8.37. The Morgan fingerprint density at radius 1 is 0.864 bits per heavy atom. The van der Waals surface area contributed by atoms with Crippen molar-refractivity contribution in [1.82, 2.24) is 0 Å². The van der Waals surface area contributed by atoms with E-state index in [0.29, 0.717) is 6.61 Å². The molecule has 22 heavy (non-hydrogen) atoms. The van der Waals surface area contributed by atoms with Crippen molar-refractivity contribution in [3.8, 4) is 0 Å². The first-order chi connectivity index (χ1) is 10.8. The summed E-state index contributed by atoms with van der Waals surface area (Å²) >= 11 is 3.46. The Morgan fingerprint density at radius 2 is 1.41 bits per heavy atom. The van der Waals surface area contributed by atoms with Crippen molar-refractivity contribution < 1.29 is 9.53 Å². The lowest BCUT2D eigenvalue weighted by molar-refractivity contribution is 0.159. The molecule has 0 saturated carbocycles. The fourth-order valence-corrected chi connectivity index (χ4v) is 2.67. The largest absolute Gasteiger partial charge is 0.449 e. The van der Waals surface area contributed by atoms with Gasteiger partial charge >= 0.3 is 6.09 Å². The zero-order valence-corrected chi connectivity index (χ0v) is 14.9. The number of halogens is 1. The maximum absolute atomic E-state index is 11.5. The number of alkyl halides is 1. The molecule has 3 nitrogen and oxygen atoms in total. The van der Waals surface area contributed by atoms with Crippen LogP contribution in [-0.4, -0.2) is 18.0 Å². The summed E-state index contributed by atoms with van der Waals surface area (Å²) in [4.78, 5) is 11.5. The van der Waals surface area contributed by atoms with Gasteiger partial charge in [-0.05, 0) is 25.0 Å². The summed E-state index contributed by atoms with van der Waals surface area (Å²) in [6, 6.07) is 9.38. The predicted octanol–water partition coefficient (Wildman–Crippen LogP) is 6.14. The molecule has 1 amide bonds. The highest BCUT2D eigenvalue weighted by Crippen LogP contribution is 2.10. The van der Waals surface area contributed by atoms with Crippen LogP contribution in [0.3, 0.4) is 0 Å². The van der Waals surface area contributed by atoms with Crippen LogP contribution in [0.1, 0.15) is 57.8 Å². The number of rotatable bonds is 12. The number of unbranched alkanes of at least 4 members (excludes halogenated alkanes) is 8. The van der Waals surface area contributed by atoms with E-state index in [1.54, 1.807) is 0 Å². The quantitative estimate of drug-likeness (QED) is 0.354. The maximum Gasteiger partial charge on any atom is 0.411 e. The van der Waals surface area contributed by atoms with Gasteiger partial charge in [-0.2, -0.15) is 0 Å². The van der Waals surface area contributed by atoms with Crippen LogP contribution in [0.2, 0.25) is 0 Å². The lowest BCUT2D eigenvalue weighted by atomic mass is 10.1. The summed E-state index contributed by atoms with van der Waals surface area (Å²) in [6.07, 6.45) is 10.9. The van der Waals surface area contributed by atoms with Gasteiger partial charge in [0.2, 0.25) is 0 Å². The van der Waals surface area contributed by atoms with Gasteiger partial charge in [-0.3, -0.25) is 5.32 Å². The van der Waals surface area contributed by atoms with Crippen LogP contribution in [-0.2, 0) is 4.74 Å². The van der Waals surface area contributed by atoms with Crippen LogP contribution in [0, 0.1) is 0 Å². The van der Waals surface area contributed by atoms with Gasteiger partial charge in [0.15, 0.2) is 0 Å². The van der Waals surface area contributed by atoms with Crippen molar-refractivity contribution in [2.24, 2.45) is 0 Å². The highest BCUT2D eigenvalue weighted by molar-refractivity contribution is 9.09. The van der Waals surface area contributed by atoms with E-state index in [0.717, 1.165) is 23.9 Å². The number of amides is 1. The number of nitrogens with one attached hydrogen (secondary N) is 1. The Hall–Kier alpha value is -1.03. The van der Waals surface area contributed by atoms with Gasteiger partial charge in [0.1, 0.15) is 0 Å². The Kier molecular flexibility index (Phi) is 11.8. The summed E-state index contributed by atoms with van der Waals surface area (Å²) in [5.41, 5.74) is 0.771. The number of benzene rings is 1. The molecule has 0 aliphatic heterocycles.